The number of ketones is 1. The van der Waals surface area contributed by atoms with Crippen LogP contribution >= 0.6 is 0 Å². The van der Waals surface area contributed by atoms with E-state index in [0.717, 1.165) is 62.7 Å². The molecule has 0 atom stereocenters. The van der Waals surface area contributed by atoms with Crippen LogP contribution in [0.3, 0.4) is 0 Å². The molecular weight excluding hydrogens is 1210 g/mol. The summed E-state index contributed by atoms with van der Waals surface area (Å²) >= 11 is 0. The number of Topliss-reactive ketones (excluding diaryl/α,β-unsaturated/α-hetero) is 1. The Morgan fingerprint density at radius 3 is 1.32 bits per heavy atom. The molecule has 0 radical (unpaired) electrons. The summed E-state index contributed by atoms with van der Waals surface area (Å²) in [6.45, 7) is 18.7. The molecule has 10 aromatic heterocycles. The van der Waals surface area contributed by atoms with Crippen molar-refractivity contribution in [3.05, 3.63) is 150 Å². The number of ether oxygens (including phenoxy) is 2. The second kappa shape index (κ2) is 33.7. The summed E-state index contributed by atoms with van der Waals surface area (Å²) in [6.07, 6.45) is 13.3. The van der Waals surface area contributed by atoms with Crippen LogP contribution in [0.4, 0.5) is 13.2 Å². The van der Waals surface area contributed by atoms with Crippen LogP contribution in [-0.4, -0.2) is 130 Å². The minimum Gasteiger partial charge on any atom is -0.469 e. The van der Waals surface area contributed by atoms with Gasteiger partial charge in [0, 0.05) is 148 Å². The zero-order valence-electron chi connectivity index (χ0n) is 53.0. The molecule has 486 valence electrons. The first-order valence-corrected chi connectivity index (χ1v) is 32.6. The summed E-state index contributed by atoms with van der Waals surface area (Å²) in [5.41, 5.74) is 13.5. The largest absolute Gasteiger partial charge is 0.469 e. The number of hydrogen-bond donors (Lipinski definition) is 3. The van der Waals surface area contributed by atoms with Gasteiger partial charge in [0.2, 0.25) is 12.2 Å². The number of aromatic nitrogens is 10. The Labute approximate surface area is 530 Å². The predicted octanol–water partition coefficient (Wildman–Crippen LogP) is 9.64. The third-order valence-electron chi connectivity index (χ3n) is 15.1. The van der Waals surface area contributed by atoms with E-state index in [-0.39, 0.29) is 33.7 Å². The second-order valence-electron chi connectivity index (χ2n) is 20.7. The monoisotopic (exact) mass is 1280 g/mol. The van der Waals surface area contributed by atoms with Gasteiger partial charge in [0.1, 0.15) is 28.2 Å². The van der Waals surface area contributed by atoms with Crippen LogP contribution < -0.4 is 11.1 Å². The fourth-order valence-electron chi connectivity index (χ4n) is 10.4. The van der Waals surface area contributed by atoms with Crippen molar-refractivity contribution >= 4 is 117 Å². The molecular formula is C66H77F3N12O10Si. The first kappa shape index (κ1) is 71.1. The lowest BCUT2D eigenvalue weighted by Crippen LogP contribution is -2.22. The number of aliphatic hydroxyl groups is 1. The fourth-order valence-corrected chi connectivity index (χ4v) is 12.2. The zero-order valence-corrected chi connectivity index (χ0v) is 54.1. The third kappa shape index (κ3) is 17.3. The Bertz CT molecular complexity index is 4250. The van der Waals surface area contributed by atoms with Gasteiger partial charge in [0.15, 0.2) is 0 Å². The number of aryl methyl sites for hydroxylation is 5. The number of primary amides is 1. The maximum atomic E-state index is 13.0. The van der Waals surface area contributed by atoms with Crippen molar-refractivity contribution < 1.29 is 61.3 Å². The van der Waals surface area contributed by atoms with Crippen molar-refractivity contribution in [2.24, 2.45) is 5.73 Å². The van der Waals surface area contributed by atoms with Gasteiger partial charge in [0.05, 0.1) is 43.8 Å². The van der Waals surface area contributed by atoms with Crippen molar-refractivity contribution in [2.45, 2.75) is 125 Å². The molecule has 0 aliphatic carbocycles. The van der Waals surface area contributed by atoms with E-state index in [1.54, 1.807) is 49.3 Å². The molecule has 92 heavy (non-hydrogen) atoms. The summed E-state index contributed by atoms with van der Waals surface area (Å²) in [5.74, 6) is -2.87. The Kier molecular flexibility index (Phi) is 26.1. The summed E-state index contributed by atoms with van der Waals surface area (Å²) in [4.78, 5) is 102. The van der Waals surface area contributed by atoms with E-state index in [4.69, 9.17) is 10.5 Å². The normalized spacial score (nSPS) is 11.8. The van der Waals surface area contributed by atoms with Crippen LogP contribution in [0.2, 0.25) is 18.1 Å². The number of carbonyl (C=O) groups excluding carboxylic acids is 7. The van der Waals surface area contributed by atoms with Crippen molar-refractivity contribution in [1.82, 2.24) is 53.1 Å². The summed E-state index contributed by atoms with van der Waals surface area (Å²) in [6, 6.07) is 23.1. The maximum Gasteiger partial charge on any atom is 0.446 e. The Hall–Kier alpha value is -9.95. The molecule has 1 aliphatic rings. The average molecular weight is 1280 g/mol. The highest BCUT2D eigenvalue weighted by atomic mass is 28.3. The van der Waals surface area contributed by atoms with Crippen molar-refractivity contribution in [3.63, 3.8) is 0 Å². The number of hydrogen-bond acceptors (Lipinski definition) is 15. The highest BCUT2D eigenvalue weighted by molar-refractivity contribution is 6.58. The number of imide groups is 1. The number of methoxy groups -OCH3 is 2. The molecule has 0 saturated heterocycles. The number of nitrogens with zero attached hydrogens (tertiary/aromatic N) is 10. The van der Waals surface area contributed by atoms with Gasteiger partial charge < -0.3 is 43.1 Å². The van der Waals surface area contributed by atoms with Crippen molar-refractivity contribution in [1.29, 1.82) is 0 Å². The van der Waals surface area contributed by atoms with Gasteiger partial charge in [-0.25, -0.2) is 29.7 Å². The van der Waals surface area contributed by atoms with Gasteiger partial charge in [-0.3, -0.25) is 34.1 Å². The molecule has 22 nitrogen and oxygen atoms in total. The lowest BCUT2D eigenvalue weighted by Gasteiger charge is -2.03. The second-order valence-corrected chi connectivity index (χ2v) is 24.9. The van der Waals surface area contributed by atoms with Gasteiger partial charge >= 0.3 is 18.1 Å². The number of nitrogens with two attached hydrogens (primary N) is 1. The minimum atomic E-state index is -4.64. The van der Waals surface area contributed by atoms with Crippen LogP contribution in [0.15, 0.2) is 123 Å². The van der Waals surface area contributed by atoms with Crippen LogP contribution in [0.5, 0.6) is 0 Å². The topological polar surface area (TPSA) is 285 Å². The molecule has 26 heteroatoms. The number of esters is 2. The van der Waals surface area contributed by atoms with E-state index in [1.165, 1.54) is 32.4 Å². The molecule has 0 saturated carbocycles. The van der Waals surface area contributed by atoms with Crippen LogP contribution in [0, 0.1) is 0 Å². The lowest BCUT2D eigenvalue weighted by molar-refractivity contribution is -0.156. The molecule has 1 aliphatic heterocycles. The van der Waals surface area contributed by atoms with Gasteiger partial charge in [-0.05, 0) is 106 Å². The number of amides is 3. The van der Waals surface area contributed by atoms with Gasteiger partial charge in [-0.2, -0.15) is 13.2 Å². The number of pyridine rings is 5. The highest BCUT2D eigenvalue weighted by Gasteiger charge is 2.36. The molecule has 0 aromatic carbocycles. The highest BCUT2D eigenvalue weighted by Crippen LogP contribution is 2.38. The number of aldehydes is 1. The quantitative estimate of drug-likeness (QED) is 0.0180. The standard InChI is InChI=1S/C23H21N5O3.C12H12N2O3.C12H14N2O2.C11H13N3O.C6H16Si.C2HF3O/c1-2-27-12-16(14-6-3-8-24-20(14)27)18-19(23(31)26-22(18)30)17-13-28(10-5-11-29)21-15(17)7-4-9-25-21;1-3-14-7-9(10(15)12(16)17-2)8-5-4-6-13-11(8)14;1-3-14-8-9(7-11(15)16-2)10-5-4-6-13-12(10)14;1-2-14-7-8(6-10(12)15)9-4-3-5-13-11(9)14;1-4-7(5-2)6-3;3-2(4,5)1-6/h3-4,6-9,12-13,29H,2,5,10-11H2,1H3,(H,26,30,31);4-7H,3H2,1-2H3;4-6,8H,3,7H2,1-2H3;3-5,7H,2,6H2,1H3,(H2,12,15);7H,4-6H2,1-3H3;1H. The van der Waals surface area contributed by atoms with E-state index >= 15 is 0 Å². The SMILES string of the molecule is CC[SiH](CC)CC.CCn1cc(C(=O)C(=O)OC)c2cccnc21.CCn1cc(C2=C(c3cn(CCCO)c4ncccc34)C(=O)NC2=O)c2cccnc21.CCn1cc(CC(=O)OC)c2cccnc21.CCn1cc(CC(N)=O)c2cccnc21.O=CC(F)(F)F. The van der Waals surface area contributed by atoms with E-state index < -0.39 is 36.0 Å². The fraction of sp³-hybridized carbons (Fsp3) is 0.333. The minimum absolute atomic E-state index is 0.0539. The molecule has 0 unspecified atom stereocenters. The molecule has 4 N–H and O–H groups in total. The number of rotatable bonds is 18. The van der Waals surface area contributed by atoms with Gasteiger partial charge in [0.25, 0.3) is 17.6 Å². The van der Waals surface area contributed by atoms with Crippen LogP contribution in [-0.2, 0) is 83.8 Å². The van der Waals surface area contributed by atoms with E-state index in [9.17, 15) is 47.0 Å². The molecule has 0 spiro atoms. The number of halogens is 3. The van der Waals surface area contributed by atoms with Gasteiger partial charge in [-0.1, -0.05) is 38.9 Å². The first-order chi connectivity index (χ1) is 44.2. The molecule has 11 heterocycles. The molecule has 0 fully saturated rings. The predicted molar refractivity (Wildman–Crippen MR) is 349 cm³/mol. The summed E-state index contributed by atoms with van der Waals surface area (Å²) < 4.78 is 50.1. The number of fused-ring (bicyclic) bond motifs is 5. The first-order valence-electron chi connectivity index (χ1n) is 30.1. The van der Waals surface area contributed by atoms with Gasteiger partial charge in [-0.15, -0.1) is 0 Å². The third-order valence-corrected chi connectivity index (χ3v) is 18.6. The number of carbonyl (C=O) groups is 7. The average Bonchev–Trinajstić information content (AvgIpc) is 1.60. The molecule has 0 bridgehead atoms. The van der Waals surface area contributed by atoms with Crippen LogP contribution in [0.1, 0.15) is 87.5 Å². The molecule has 3 amide bonds. The summed E-state index contributed by atoms with van der Waals surface area (Å²) in [5, 5.41) is 16.0. The van der Waals surface area contributed by atoms with Crippen molar-refractivity contribution in [2.75, 3.05) is 20.8 Å². The zero-order chi connectivity index (χ0) is 67.2. The Balaban J connectivity index is 0.000000190. The maximum absolute atomic E-state index is 13.0. The number of nitrogens with one attached hydrogen (secondary N) is 1. The number of aliphatic hydroxyl groups excluding tert-OH is 1. The Morgan fingerprint density at radius 1 is 0.565 bits per heavy atom. The van der Waals surface area contributed by atoms with E-state index in [1.807, 2.05) is 117 Å². The van der Waals surface area contributed by atoms with Crippen molar-refractivity contribution in [3.8, 4) is 0 Å². The molecule has 11 rings (SSSR count). The van der Waals surface area contributed by atoms with E-state index in [0.29, 0.717) is 77.0 Å². The smallest absolute Gasteiger partial charge is 0.446 e. The lowest BCUT2D eigenvalue weighted by atomic mass is 9.96. The molecule has 10 aromatic rings. The summed E-state index contributed by atoms with van der Waals surface area (Å²) in [7, 11) is 2.42. The number of alkyl halides is 3. The van der Waals surface area contributed by atoms with E-state index in [2.05, 4.69) is 67.4 Å². The van der Waals surface area contributed by atoms with Crippen LogP contribution in [0.25, 0.3) is 66.3 Å². The Morgan fingerprint density at radius 2 is 0.935 bits per heavy atom.